The first-order valence-electron chi connectivity index (χ1n) is 16.3. The van der Waals surface area contributed by atoms with Gasteiger partial charge in [0, 0.05) is 42.8 Å². The molecular formula is C39H53NO5S. The molecule has 1 heterocycles. The second-order valence-electron chi connectivity index (χ2n) is 15.7. The lowest BCUT2D eigenvalue weighted by Crippen LogP contribution is -2.32. The van der Waals surface area contributed by atoms with Crippen molar-refractivity contribution in [2.24, 2.45) is 0 Å². The highest BCUT2D eigenvalue weighted by molar-refractivity contribution is 7.99. The lowest BCUT2D eigenvalue weighted by atomic mass is 9.81. The summed E-state index contributed by atoms with van der Waals surface area (Å²) in [6.45, 7) is 22.1. The van der Waals surface area contributed by atoms with Crippen molar-refractivity contribution >= 4 is 17.7 Å². The molecule has 0 saturated heterocycles. The summed E-state index contributed by atoms with van der Waals surface area (Å²) in [5.74, 6) is 0.639. The summed E-state index contributed by atoms with van der Waals surface area (Å²) in [5, 5.41) is 38.0. The van der Waals surface area contributed by atoms with Crippen LogP contribution in [0.1, 0.15) is 119 Å². The second-order valence-corrected chi connectivity index (χ2v) is 16.9. The monoisotopic (exact) mass is 647 g/mol. The van der Waals surface area contributed by atoms with Gasteiger partial charge in [-0.25, -0.2) is 0 Å². The third-order valence-corrected chi connectivity index (χ3v) is 10.0. The Morgan fingerprint density at radius 3 is 1.48 bits per heavy atom. The molecule has 1 aliphatic heterocycles. The molecule has 4 N–H and O–H groups in total. The van der Waals surface area contributed by atoms with Crippen LogP contribution < -0.4 is 5.32 Å². The topological polar surface area (TPSA) is 99.0 Å². The number of phenols is 3. The Balaban J connectivity index is 1.97. The van der Waals surface area contributed by atoms with Crippen molar-refractivity contribution in [1.82, 2.24) is 5.32 Å². The Labute approximate surface area is 280 Å². The number of aromatic hydroxyl groups is 3. The molecule has 6 bridgehead atoms. The van der Waals surface area contributed by atoms with Crippen LogP contribution in [0, 0.1) is 0 Å². The zero-order valence-corrected chi connectivity index (χ0v) is 30.2. The highest BCUT2D eigenvalue weighted by atomic mass is 32.2. The van der Waals surface area contributed by atoms with Gasteiger partial charge in [-0.2, -0.15) is 0 Å². The standard InChI is InChI=1S/C39H53NO5S/c1-11-45-36(44)32-21-40-20-27-18-30(38(5,6)7)16-25(34(27)42)12-23-14-29(37(2,3)4)15-24(33(23)41)13-26-17-31(39(8,9)10)19-28(22-46-32)35(26)43/h14-19,32,40-43H,11-13,20-22H2,1-10H3/t32-/m1/s1. The first-order chi connectivity index (χ1) is 21.3. The third-order valence-electron chi connectivity index (χ3n) is 8.80. The molecule has 3 aromatic carbocycles. The molecule has 1 aliphatic rings. The Hall–Kier alpha value is -3.16. The Morgan fingerprint density at radius 1 is 0.696 bits per heavy atom. The van der Waals surface area contributed by atoms with Crippen molar-refractivity contribution in [1.29, 1.82) is 0 Å². The molecule has 6 nitrogen and oxygen atoms in total. The largest absolute Gasteiger partial charge is 0.507 e. The summed E-state index contributed by atoms with van der Waals surface area (Å²) in [6, 6.07) is 12.2. The highest BCUT2D eigenvalue weighted by Crippen LogP contribution is 2.40. The molecule has 0 saturated carbocycles. The number of hydrogen-bond donors (Lipinski definition) is 4. The van der Waals surface area contributed by atoms with Crippen molar-refractivity contribution < 1.29 is 24.9 Å². The van der Waals surface area contributed by atoms with E-state index in [1.165, 1.54) is 11.8 Å². The van der Waals surface area contributed by atoms with E-state index in [9.17, 15) is 20.1 Å². The molecule has 0 radical (unpaired) electrons. The highest BCUT2D eigenvalue weighted by Gasteiger charge is 2.27. The van der Waals surface area contributed by atoms with E-state index in [1.807, 2.05) is 36.4 Å². The first kappa shape index (κ1) is 35.7. The van der Waals surface area contributed by atoms with Gasteiger partial charge in [-0.05, 0) is 62.1 Å². The average molecular weight is 648 g/mol. The van der Waals surface area contributed by atoms with Gasteiger partial charge in [0.1, 0.15) is 22.5 Å². The Bertz CT molecular complexity index is 1590. The molecule has 0 spiro atoms. The molecule has 250 valence electrons. The van der Waals surface area contributed by atoms with E-state index < -0.39 is 5.25 Å². The molecule has 46 heavy (non-hydrogen) atoms. The van der Waals surface area contributed by atoms with Crippen molar-refractivity contribution in [2.75, 3.05) is 13.2 Å². The van der Waals surface area contributed by atoms with E-state index in [0.29, 0.717) is 31.7 Å². The summed E-state index contributed by atoms with van der Waals surface area (Å²) in [4.78, 5) is 13.1. The zero-order valence-electron chi connectivity index (χ0n) is 29.4. The van der Waals surface area contributed by atoms with E-state index in [4.69, 9.17) is 4.74 Å². The van der Waals surface area contributed by atoms with Crippen molar-refractivity contribution in [3.8, 4) is 17.2 Å². The van der Waals surface area contributed by atoms with Crippen LogP contribution >= 0.6 is 11.8 Å². The fraction of sp³-hybridized carbons (Fsp3) is 0.513. The summed E-state index contributed by atoms with van der Waals surface area (Å²) in [7, 11) is 0. The van der Waals surface area contributed by atoms with Crippen molar-refractivity contribution in [2.45, 2.75) is 116 Å². The van der Waals surface area contributed by atoms with E-state index in [-0.39, 0.29) is 46.1 Å². The summed E-state index contributed by atoms with van der Waals surface area (Å²) in [6.07, 6.45) is 0.671. The van der Waals surface area contributed by atoms with Crippen LogP contribution in [0.5, 0.6) is 17.2 Å². The molecule has 0 aromatic heterocycles. The van der Waals surface area contributed by atoms with Gasteiger partial charge in [0.15, 0.2) is 0 Å². The van der Waals surface area contributed by atoms with E-state index >= 15 is 0 Å². The number of esters is 1. The fourth-order valence-corrected chi connectivity index (χ4v) is 6.79. The van der Waals surface area contributed by atoms with Crippen molar-refractivity contribution in [3.63, 3.8) is 0 Å². The molecular weight excluding hydrogens is 594 g/mol. The molecule has 0 aliphatic carbocycles. The van der Waals surface area contributed by atoms with Crippen LogP contribution in [0.3, 0.4) is 0 Å². The molecule has 0 unspecified atom stereocenters. The quantitative estimate of drug-likeness (QED) is 0.208. The number of carbonyl (C=O) groups is 1. The van der Waals surface area contributed by atoms with E-state index in [1.54, 1.807) is 6.92 Å². The molecule has 0 fully saturated rings. The third kappa shape index (κ3) is 8.21. The average Bonchev–Trinajstić information content (AvgIpc) is 2.93. The van der Waals surface area contributed by atoms with E-state index in [2.05, 4.69) is 67.6 Å². The number of fused-ring (bicyclic) bond motifs is 6. The van der Waals surface area contributed by atoms with Gasteiger partial charge in [0.2, 0.25) is 0 Å². The summed E-state index contributed by atoms with van der Waals surface area (Å²) < 4.78 is 5.44. The number of rotatable bonds is 2. The van der Waals surface area contributed by atoms with Gasteiger partial charge < -0.3 is 25.4 Å². The molecule has 7 heteroatoms. The van der Waals surface area contributed by atoms with Crippen molar-refractivity contribution in [3.05, 3.63) is 86.5 Å². The number of hydrogen-bond acceptors (Lipinski definition) is 7. The second kappa shape index (κ2) is 13.5. The summed E-state index contributed by atoms with van der Waals surface area (Å²) in [5.41, 5.74) is 7.07. The fourth-order valence-electron chi connectivity index (χ4n) is 5.75. The van der Waals surface area contributed by atoms with Crippen LogP contribution in [0.25, 0.3) is 0 Å². The maximum Gasteiger partial charge on any atom is 0.320 e. The number of benzene rings is 3. The molecule has 0 amide bonds. The van der Waals surface area contributed by atoms with Gasteiger partial charge in [-0.15, -0.1) is 11.8 Å². The normalized spacial score (nSPS) is 16.5. The lowest BCUT2D eigenvalue weighted by molar-refractivity contribution is -0.142. The summed E-state index contributed by atoms with van der Waals surface area (Å²) >= 11 is 1.43. The zero-order chi connectivity index (χ0) is 34.2. The molecule has 3 aromatic rings. The van der Waals surface area contributed by atoms with Crippen LogP contribution in [0.2, 0.25) is 0 Å². The van der Waals surface area contributed by atoms with Gasteiger partial charge >= 0.3 is 5.97 Å². The first-order valence-corrected chi connectivity index (χ1v) is 17.4. The number of ether oxygens (including phenoxy) is 1. The minimum atomic E-state index is -0.516. The molecule has 4 rings (SSSR count). The Morgan fingerprint density at radius 2 is 1.07 bits per heavy atom. The van der Waals surface area contributed by atoms with Gasteiger partial charge in [-0.1, -0.05) is 98.7 Å². The van der Waals surface area contributed by atoms with Gasteiger partial charge in [-0.3, -0.25) is 4.79 Å². The van der Waals surface area contributed by atoms with Crippen LogP contribution in [-0.2, 0) is 50.9 Å². The smallest absolute Gasteiger partial charge is 0.320 e. The lowest BCUT2D eigenvalue weighted by Gasteiger charge is -2.25. The number of nitrogens with one attached hydrogen (secondary N) is 1. The number of carbonyl (C=O) groups excluding carboxylic acids is 1. The number of thioether (sulfide) groups is 1. The maximum absolute atomic E-state index is 13.1. The SMILES string of the molecule is CCOC(=O)[C@H]1CNCc2cc(C(C)(C)C)cc(c2O)Cc2cc(C(C)(C)C)cc(c2O)Cc2cc(C(C)(C)C)cc(c2O)CS1. The van der Waals surface area contributed by atoms with Crippen LogP contribution in [0.15, 0.2) is 36.4 Å². The van der Waals surface area contributed by atoms with E-state index in [0.717, 1.165) is 50.1 Å². The minimum absolute atomic E-state index is 0.175. The van der Waals surface area contributed by atoms with Crippen LogP contribution in [0.4, 0.5) is 0 Å². The number of phenolic OH excluding ortho intramolecular Hbond substituents is 3. The predicted octanol–water partition coefficient (Wildman–Crippen LogP) is 8.15. The molecule has 1 atom stereocenters. The van der Waals surface area contributed by atoms with Crippen LogP contribution in [-0.4, -0.2) is 39.7 Å². The maximum atomic E-state index is 13.1. The van der Waals surface area contributed by atoms with Gasteiger partial charge in [0.05, 0.1) is 6.61 Å². The van der Waals surface area contributed by atoms with Gasteiger partial charge in [0.25, 0.3) is 0 Å². The Kier molecular flexibility index (Phi) is 10.5. The predicted molar refractivity (Wildman–Crippen MR) is 189 cm³/mol. The minimum Gasteiger partial charge on any atom is -0.507 e.